The number of rotatable bonds is 5. The Morgan fingerprint density at radius 2 is 1.73 bits per heavy atom. The molecule has 1 aliphatic rings. The largest absolute Gasteiger partial charge is 0.325 e. The van der Waals surface area contributed by atoms with E-state index < -0.39 is 10.0 Å². The number of benzene rings is 1. The first kappa shape index (κ1) is 17.0. The van der Waals surface area contributed by atoms with Gasteiger partial charge in [-0.25, -0.2) is 8.42 Å². The molecule has 0 radical (unpaired) electrons. The molecule has 0 spiro atoms. The average Bonchev–Trinajstić information content (AvgIpc) is 2.73. The van der Waals surface area contributed by atoms with Gasteiger partial charge in [0, 0.05) is 11.7 Å². The second kappa shape index (κ2) is 7.74. The molecule has 0 aromatic heterocycles. The van der Waals surface area contributed by atoms with Gasteiger partial charge in [-0.1, -0.05) is 43.9 Å². The monoisotopic (exact) mass is 324 g/mol. The van der Waals surface area contributed by atoms with E-state index in [2.05, 4.69) is 5.32 Å². The Morgan fingerprint density at radius 1 is 1.14 bits per heavy atom. The number of anilines is 1. The summed E-state index contributed by atoms with van der Waals surface area (Å²) in [4.78, 5) is 12.2. The lowest BCUT2D eigenvalue weighted by atomic mass is 10.1. The fourth-order valence-electron chi connectivity index (χ4n) is 2.93. The van der Waals surface area contributed by atoms with E-state index in [0.717, 1.165) is 38.5 Å². The van der Waals surface area contributed by atoms with Crippen molar-refractivity contribution in [2.24, 2.45) is 0 Å². The Kier molecular flexibility index (Phi) is 5.97. The van der Waals surface area contributed by atoms with Crippen LogP contribution in [0.3, 0.4) is 0 Å². The number of hydrogen-bond donors (Lipinski definition) is 1. The van der Waals surface area contributed by atoms with Gasteiger partial charge in [0.2, 0.25) is 15.9 Å². The Morgan fingerprint density at radius 3 is 2.27 bits per heavy atom. The smallest absolute Gasteiger partial charge is 0.239 e. The minimum atomic E-state index is -3.40. The molecule has 1 aromatic rings. The fraction of sp³-hybridized carbons (Fsp3) is 0.562. The highest BCUT2D eigenvalue weighted by atomic mass is 32.2. The van der Waals surface area contributed by atoms with Crippen LogP contribution in [0.4, 0.5) is 5.69 Å². The number of nitrogens with zero attached hydrogens (tertiary/aromatic N) is 1. The molecule has 0 saturated heterocycles. The maximum atomic E-state index is 12.2. The molecule has 1 N–H and O–H groups in total. The molecule has 1 amide bonds. The highest BCUT2D eigenvalue weighted by Crippen LogP contribution is 2.23. The number of nitrogens with one attached hydrogen (secondary N) is 1. The lowest BCUT2D eigenvalue weighted by Gasteiger charge is -2.28. The molecule has 6 heteroatoms. The van der Waals surface area contributed by atoms with Crippen LogP contribution in [0.25, 0.3) is 0 Å². The summed E-state index contributed by atoms with van der Waals surface area (Å²) in [7, 11) is -3.40. The van der Waals surface area contributed by atoms with Crippen molar-refractivity contribution in [2.45, 2.75) is 44.6 Å². The van der Waals surface area contributed by atoms with Gasteiger partial charge in [0.15, 0.2) is 0 Å². The molecule has 5 nitrogen and oxygen atoms in total. The fourth-order valence-corrected chi connectivity index (χ4v) is 4.03. The first-order valence-electron chi connectivity index (χ1n) is 7.78. The molecule has 1 aromatic carbocycles. The van der Waals surface area contributed by atoms with E-state index in [1.54, 1.807) is 12.1 Å². The third kappa shape index (κ3) is 5.10. The van der Waals surface area contributed by atoms with E-state index in [4.69, 9.17) is 0 Å². The second-order valence-electron chi connectivity index (χ2n) is 5.87. The van der Waals surface area contributed by atoms with Crippen LogP contribution in [0, 0.1) is 0 Å². The Labute approximate surface area is 132 Å². The lowest BCUT2D eigenvalue weighted by Crippen LogP contribution is -2.44. The summed E-state index contributed by atoms with van der Waals surface area (Å²) >= 11 is 0. The topological polar surface area (TPSA) is 66.5 Å². The van der Waals surface area contributed by atoms with Crippen molar-refractivity contribution in [2.75, 3.05) is 18.1 Å². The van der Waals surface area contributed by atoms with Gasteiger partial charge in [0.1, 0.15) is 0 Å². The van der Waals surface area contributed by atoms with Crippen LogP contribution in [0.2, 0.25) is 0 Å². The van der Waals surface area contributed by atoms with Crippen molar-refractivity contribution in [3.05, 3.63) is 30.3 Å². The minimum absolute atomic E-state index is 0.0565. The quantitative estimate of drug-likeness (QED) is 0.847. The zero-order chi connectivity index (χ0) is 16.0. The normalized spacial score (nSPS) is 17.2. The van der Waals surface area contributed by atoms with Gasteiger partial charge in [0.25, 0.3) is 0 Å². The number of carbonyl (C=O) groups is 1. The van der Waals surface area contributed by atoms with E-state index in [0.29, 0.717) is 5.69 Å². The molecule has 0 unspecified atom stereocenters. The summed E-state index contributed by atoms with van der Waals surface area (Å²) in [6.45, 7) is -0.113. The Bertz CT molecular complexity index is 579. The van der Waals surface area contributed by atoms with Crippen molar-refractivity contribution in [1.29, 1.82) is 0 Å². The van der Waals surface area contributed by atoms with Crippen molar-refractivity contribution in [3.8, 4) is 0 Å². The zero-order valence-electron chi connectivity index (χ0n) is 13.0. The molecule has 0 heterocycles. The highest BCUT2D eigenvalue weighted by molar-refractivity contribution is 7.88. The van der Waals surface area contributed by atoms with Crippen LogP contribution < -0.4 is 5.32 Å². The average molecular weight is 324 g/mol. The highest BCUT2D eigenvalue weighted by Gasteiger charge is 2.29. The number of carbonyl (C=O) groups excluding carboxylic acids is 1. The van der Waals surface area contributed by atoms with Gasteiger partial charge in [-0.3, -0.25) is 4.79 Å². The number of amides is 1. The van der Waals surface area contributed by atoms with E-state index in [-0.39, 0.29) is 18.5 Å². The molecule has 2 rings (SSSR count). The maximum Gasteiger partial charge on any atom is 0.239 e. The predicted molar refractivity (Wildman–Crippen MR) is 88.1 cm³/mol. The van der Waals surface area contributed by atoms with Crippen molar-refractivity contribution in [3.63, 3.8) is 0 Å². The van der Waals surface area contributed by atoms with Crippen molar-refractivity contribution < 1.29 is 13.2 Å². The first-order valence-corrected chi connectivity index (χ1v) is 9.63. The van der Waals surface area contributed by atoms with E-state index in [1.807, 2.05) is 18.2 Å². The van der Waals surface area contributed by atoms with E-state index >= 15 is 0 Å². The maximum absolute atomic E-state index is 12.2. The Balaban J connectivity index is 2.04. The van der Waals surface area contributed by atoms with E-state index in [1.165, 1.54) is 10.6 Å². The predicted octanol–water partition coefficient (Wildman–Crippen LogP) is 2.61. The Hall–Kier alpha value is -1.40. The molecule has 0 atom stereocenters. The summed E-state index contributed by atoms with van der Waals surface area (Å²) in [6.07, 6.45) is 7.20. The van der Waals surface area contributed by atoms with Gasteiger partial charge >= 0.3 is 0 Å². The van der Waals surface area contributed by atoms with Crippen molar-refractivity contribution in [1.82, 2.24) is 4.31 Å². The number of para-hydroxylation sites is 1. The zero-order valence-corrected chi connectivity index (χ0v) is 13.8. The van der Waals surface area contributed by atoms with Crippen LogP contribution in [0.5, 0.6) is 0 Å². The molecule has 122 valence electrons. The molecule has 1 aliphatic carbocycles. The minimum Gasteiger partial charge on any atom is -0.325 e. The standard InChI is InChI=1S/C16H24N2O3S/c1-22(20,21)18(15-11-7-2-3-8-12-15)13-16(19)17-14-9-5-4-6-10-14/h4-6,9-10,15H,2-3,7-8,11-13H2,1H3,(H,17,19). The molecule has 0 aliphatic heterocycles. The molecular weight excluding hydrogens is 300 g/mol. The lowest BCUT2D eigenvalue weighted by molar-refractivity contribution is -0.116. The molecule has 0 bridgehead atoms. The summed E-state index contributed by atoms with van der Waals surface area (Å²) in [5, 5.41) is 2.75. The summed E-state index contributed by atoms with van der Waals surface area (Å²) in [5.74, 6) is -0.291. The third-order valence-corrected chi connectivity index (χ3v) is 5.29. The van der Waals surface area contributed by atoms with Gasteiger partial charge < -0.3 is 5.32 Å². The molecule has 1 fully saturated rings. The molecule has 22 heavy (non-hydrogen) atoms. The van der Waals surface area contributed by atoms with Crippen LogP contribution in [-0.4, -0.2) is 37.5 Å². The van der Waals surface area contributed by atoms with Gasteiger partial charge in [-0.2, -0.15) is 4.31 Å². The third-order valence-electron chi connectivity index (χ3n) is 4.01. The number of hydrogen-bond acceptors (Lipinski definition) is 3. The van der Waals surface area contributed by atoms with Gasteiger partial charge in [0.05, 0.1) is 12.8 Å². The van der Waals surface area contributed by atoms with Crippen LogP contribution >= 0.6 is 0 Å². The summed E-state index contributed by atoms with van der Waals surface area (Å²) < 4.78 is 25.5. The van der Waals surface area contributed by atoms with Gasteiger partial charge in [-0.15, -0.1) is 0 Å². The van der Waals surface area contributed by atoms with Gasteiger partial charge in [-0.05, 0) is 25.0 Å². The summed E-state index contributed by atoms with van der Waals surface area (Å²) in [5.41, 5.74) is 0.682. The summed E-state index contributed by atoms with van der Waals surface area (Å²) in [6, 6.07) is 9.04. The van der Waals surface area contributed by atoms with Crippen molar-refractivity contribution >= 4 is 21.6 Å². The van der Waals surface area contributed by atoms with Crippen LogP contribution in [0.1, 0.15) is 38.5 Å². The SMILES string of the molecule is CS(=O)(=O)N(CC(=O)Nc1ccccc1)C1CCCCCC1. The van der Waals surface area contributed by atoms with Crippen LogP contribution in [0.15, 0.2) is 30.3 Å². The molecular formula is C16H24N2O3S. The van der Waals surface area contributed by atoms with E-state index in [9.17, 15) is 13.2 Å². The second-order valence-corrected chi connectivity index (χ2v) is 7.80. The molecule has 1 saturated carbocycles. The first-order chi connectivity index (χ1) is 10.5. The van der Waals surface area contributed by atoms with Crippen LogP contribution in [-0.2, 0) is 14.8 Å². The number of sulfonamides is 1.